The number of rotatable bonds is 1. The number of carbonyl (C=O) groups excluding carboxylic acids is 1. The molecule has 1 amide bonds. The maximum atomic E-state index is 11.7. The van der Waals surface area contributed by atoms with Crippen molar-refractivity contribution in [2.45, 2.75) is 12.5 Å². The summed E-state index contributed by atoms with van der Waals surface area (Å²) in [6, 6.07) is 5.45. The first-order valence-corrected chi connectivity index (χ1v) is 5.14. The number of nitrogens with zero attached hydrogens (tertiary/aromatic N) is 2. The second kappa shape index (κ2) is 3.31. The predicted octanol–water partition coefficient (Wildman–Crippen LogP) is 0.892. The van der Waals surface area contributed by atoms with E-state index in [4.69, 9.17) is 10.2 Å². The summed E-state index contributed by atoms with van der Waals surface area (Å²) in [6.45, 7) is 0.546. The maximum absolute atomic E-state index is 11.7. The smallest absolute Gasteiger partial charge is 0.228 e. The highest BCUT2D eigenvalue weighted by Crippen LogP contribution is 2.28. The van der Waals surface area contributed by atoms with Gasteiger partial charge in [0.25, 0.3) is 0 Å². The number of hydrogen-bond acceptors (Lipinski definition) is 4. The van der Waals surface area contributed by atoms with E-state index in [1.54, 1.807) is 4.90 Å². The summed E-state index contributed by atoms with van der Waals surface area (Å²) >= 11 is 0. The summed E-state index contributed by atoms with van der Waals surface area (Å²) in [6.07, 6.45) is 1.78. The molecule has 1 unspecified atom stereocenters. The zero-order valence-electron chi connectivity index (χ0n) is 8.59. The van der Waals surface area contributed by atoms with Crippen LogP contribution in [0.2, 0.25) is 0 Å². The first-order chi connectivity index (χ1) is 7.75. The molecule has 1 aliphatic heterocycles. The van der Waals surface area contributed by atoms with Crippen molar-refractivity contribution in [2.24, 2.45) is 5.73 Å². The van der Waals surface area contributed by atoms with E-state index in [1.165, 1.54) is 6.39 Å². The number of hydrogen-bond donors (Lipinski definition) is 1. The quantitative estimate of drug-likeness (QED) is 0.770. The van der Waals surface area contributed by atoms with Crippen molar-refractivity contribution >= 4 is 22.7 Å². The topological polar surface area (TPSA) is 72.4 Å². The Labute approximate surface area is 91.8 Å². The van der Waals surface area contributed by atoms with Crippen LogP contribution in [-0.4, -0.2) is 23.5 Å². The van der Waals surface area contributed by atoms with Crippen molar-refractivity contribution in [2.75, 3.05) is 11.4 Å². The summed E-state index contributed by atoms with van der Waals surface area (Å²) in [5, 5.41) is 0. The van der Waals surface area contributed by atoms with Crippen LogP contribution >= 0.6 is 0 Å². The van der Waals surface area contributed by atoms with Gasteiger partial charge in [-0.3, -0.25) is 4.79 Å². The lowest BCUT2D eigenvalue weighted by atomic mass is 10.2. The molecule has 1 saturated heterocycles. The number of anilines is 1. The van der Waals surface area contributed by atoms with Crippen LogP contribution < -0.4 is 10.6 Å². The summed E-state index contributed by atoms with van der Waals surface area (Å²) < 4.78 is 5.20. The number of para-hydroxylation sites is 1. The van der Waals surface area contributed by atoms with Gasteiger partial charge < -0.3 is 15.1 Å². The molecule has 1 fully saturated rings. The number of carbonyl (C=O) groups is 1. The molecule has 0 aliphatic carbocycles. The monoisotopic (exact) mass is 217 g/mol. The number of oxazole rings is 1. The van der Waals surface area contributed by atoms with Gasteiger partial charge in [-0.1, -0.05) is 6.07 Å². The largest absolute Gasteiger partial charge is 0.443 e. The van der Waals surface area contributed by atoms with Crippen LogP contribution in [0.5, 0.6) is 0 Å². The van der Waals surface area contributed by atoms with Crippen molar-refractivity contribution in [3.8, 4) is 0 Å². The van der Waals surface area contributed by atoms with Gasteiger partial charge in [0, 0.05) is 19.0 Å². The van der Waals surface area contributed by atoms with Gasteiger partial charge in [0.2, 0.25) is 5.91 Å². The normalized spacial score (nSPS) is 20.9. The first-order valence-electron chi connectivity index (χ1n) is 5.14. The van der Waals surface area contributed by atoms with Crippen molar-refractivity contribution in [3.63, 3.8) is 0 Å². The average Bonchev–Trinajstić information content (AvgIpc) is 2.84. The molecule has 0 spiro atoms. The molecule has 1 atom stereocenters. The van der Waals surface area contributed by atoms with Gasteiger partial charge in [0.15, 0.2) is 12.0 Å². The predicted molar refractivity (Wildman–Crippen MR) is 59.0 cm³/mol. The van der Waals surface area contributed by atoms with Gasteiger partial charge in [-0.25, -0.2) is 4.98 Å². The highest BCUT2D eigenvalue weighted by molar-refractivity contribution is 6.02. The van der Waals surface area contributed by atoms with E-state index in [-0.39, 0.29) is 11.9 Å². The molecular formula is C11H11N3O2. The van der Waals surface area contributed by atoms with Crippen molar-refractivity contribution in [1.82, 2.24) is 4.98 Å². The van der Waals surface area contributed by atoms with Crippen LogP contribution in [0.4, 0.5) is 5.69 Å². The van der Waals surface area contributed by atoms with E-state index in [0.29, 0.717) is 24.1 Å². The van der Waals surface area contributed by atoms with Gasteiger partial charge in [-0.15, -0.1) is 0 Å². The number of fused-ring (bicyclic) bond motifs is 1. The van der Waals surface area contributed by atoms with Gasteiger partial charge in [0.05, 0.1) is 5.69 Å². The van der Waals surface area contributed by atoms with Gasteiger partial charge in [-0.2, -0.15) is 0 Å². The molecule has 1 aromatic carbocycles. The summed E-state index contributed by atoms with van der Waals surface area (Å²) in [4.78, 5) is 17.5. The van der Waals surface area contributed by atoms with Crippen LogP contribution in [-0.2, 0) is 4.79 Å². The highest BCUT2D eigenvalue weighted by Gasteiger charge is 2.29. The van der Waals surface area contributed by atoms with E-state index in [1.807, 2.05) is 18.2 Å². The van der Waals surface area contributed by atoms with E-state index in [2.05, 4.69) is 4.98 Å². The van der Waals surface area contributed by atoms with E-state index < -0.39 is 0 Å². The summed E-state index contributed by atoms with van der Waals surface area (Å²) in [7, 11) is 0. The summed E-state index contributed by atoms with van der Waals surface area (Å²) in [5.41, 5.74) is 7.95. The molecule has 0 saturated carbocycles. The summed E-state index contributed by atoms with van der Waals surface area (Å²) in [5.74, 6) is 0.0444. The third-order valence-corrected chi connectivity index (χ3v) is 2.78. The molecule has 2 aromatic rings. The van der Waals surface area contributed by atoms with Crippen LogP contribution in [0, 0.1) is 0 Å². The molecule has 82 valence electrons. The Morgan fingerprint density at radius 3 is 3.12 bits per heavy atom. The van der Waals surface area contributed by atoms with Crippen LogP contribution in [0.25, 0.3) is 11.1 Å². The average molecular weight is 217 g/mol. The Kier molecular flexibility index (Phi) is 1.94. The number of benzene rings is 1. The third-order valence-electron chi connectivity index (χ3n) is 2.78. The molecule has 2 heterocycles. The lowest BCUT2D eigenvalue weighted by Gasteiger charge is -2.15. The zero-order valence-corrected chi connectivity index (χ0v) is 8.59. The lowest BCUT2D eigenvalue weighted by Crippen LogP contribution is -2.28. The molecule has 0 radical (unpaired) electrons. The Morgan fingerprint density at radius 1 is 1.50 bits per heavy atom. The van der Waals surface area contributed by atoms with Crippen molar-refractivity contribution < 1.29 is 9.21 Å². The van der Waals surface area contributed by atoms with Gasteiger partial charge in [0.1, 0.15) is 5.52 Å². The Hall–Kier alpha value is -1.88. The van der Waals surface area contributed by atoms with Crippen molar-refractivity contribution in [3.05, 3.63) is 24.6 Å². The highest BCUT2D eigenvalue weighted by atomic mass is 16.3. The lowest BCUT2D eigenvalue weighted by molar-refractivity contribution is -0.117. The molecule has 16 heavy (non-hydrogen) atoms. The molecule has 0 bridgehead atoms. The van der Waals surface area contributed by atoms with Crippen LogP contribution in [0.15, 0.2) is 29.0 Å². The Morgan fingerprint density at radius 2 is 2.38 bits per heavy atom. The van der Waals surface area contributed by atoms with E-state index in [9.17, 15) is 4.79 Å². The zero-order chi connectivity index (χ0) is 11.1. The standard InChI is InChI=1S/C11H11N3O2/c12-7-4-10(15)14(5-7)8-2-1-3-9-11(8)13-6-16-9/h1-3,6-7H,4-5,12H2. The Balaban J connectivity index is 2.12. The van der Waals surface area contributed by atoms with E-state index in [0.717, 1.165) is 5.69 Å². The molecule has 2 N–H and O–H groups in total. The van der Waals surface area contributed by atoms with Crippen LogP contribution in [0.3, 0.4) is 0 Å². The minimum atomic E-state index is -0.0883. The molecule has 1 aliphatic rings. The third kappa shape index (κ3) is 1.29. The minimum Gasteiger partial charge on any atom is -0.443 e. The molecular weight excluding hydrogens is 206 g/mol. The van der Waals surface area contributed by atoms with Crippen LogP contribution in [0.1, 0.15) is 6.42 Å². The van der Waals surface area contributed by atoms with Gasteiger partial charge in [-0.05, 0) is 12.1 Å². The minimum absolute atomic E-state index is 0.0444. The van der Waals surface area contributed by atoms with Gasteiger partial charge >= 0.3 is 0 Å². The molecule has 1 aromatic heterocycles. The Bertz CT molecular complexity index is 549. The second-order valence-electron chi connectivity index (χ2n) is 3.94. The second-order valence-corrected chi connectivity index (χ2v) is 3.94. The molecule has 3 rings (SSSR count). The number of amides is 1. The number of nitrogens with two attached hydrogens (primary N) is 1. The fourth-order valence-corrected chi connectivity index (χ4v) is 2.06. The fourth-order valence-electron chi connectivity index (χ4n) is 2.06. The fraction of sp³-hybridized carbons (Fsp3) is 0.273. The molecule has 5 nitrogen and oxygen atoms in total. The SMILES string of the molecule is NC1CC(=O)N(c2cccc3ocnc23)C1. The maximum Gasteiger partial charge on any atom is 0.228 e. The number of aromatic nitrogens is 1. The molecule has 5 heteroatoms. The van der Waals surface area contributed by atoms with E-state index >= 15 is 0 Å². The van der Waals surface area contributed by atoms with Crippen molar-refractivity contribution in [1.29, 1.82) is 0 Å². The first kappa shape index (κ1) is 9.35.